The largest absolute Gasteiger partial charge is 0.486 e. The van der Waals surface area contributed by atoms with Crippen molar-refractivity contribution in [3.05, 3.63) is 65.9 Å². The molecule has 7 rings (SSSR count). The molecule has 0 spiro atoms. The van der Waals surface area contributed by atoms with Gasteiger partial charge in [-0.15, -0.1) is 6.42 Å². The van der Waals surface area contributed by atoms with Gasteiger partial charge in [0.25, 0.3) is 0 Å². The molecule has 11 nitrogen and oxygen atoms in total. The summed E-state index contributed by atoms with van der Waals surface area (Å²) in [7, 11) is 0. The van der Waals surface area contributed by atoms with Crippen molar-refractivity contribution in [2.75, 3.05) is 54.1 Å². The average Bonchev–Trinajstić information content (AvgIpc) is 3.27. The Bertz CT molecular complexity index is 1790. The monoisotopic (exact) mass is 684 g/mol. The number of carbonyl (C=O) groups excluding carboxylic acids is 1. The van der Waals surface area contributed by atoms with Crippen LogP contribution >= 0.6 is 0 Å². The molecule has 1 N–H and O–H groups in total. The lowest BCUT2D eigenvalue weighted by Gasteiger charge is -2.41. The zero-order chi connectivity index (χ0) is 34.8. The van der Waals surface area contributed by atoms with Crippen LogP contribution in [-0.2, 0) is 17.6 Å². The van der Waals surface area contributed by atoms with E-state index in [2.05, 4.69) is 37.6 Å². The lowest BCUT2D eigenvalue weighted by Crippen LogP contribution is -2.48. The molecule has 1 aromatic carbocycles. The van der Waals surface area contributed by atoms with Crippen LogP contribution in [0.25, 0.3) is 0 Å². The van der Waals surface area contributed by atoms with Crippen molar-refractivity contribution in [1.29, 1.82) is 0 Å². The molecule has 262 valence electrons. The van der Waals surface area contributed by atoms with Gasteiger partial charge in [-0.3, -0.25) is 4.79 Å². The Hall–Kier alpha value is -4.99. The Labute approximate surface area is 291 Å². The van der Waals surface area contributed by atoms with E-state index in [4.69, 9.17) is 25.9 Å². The van der Waals surface area contributed by atoms with Gasteiger partial charge in [0.15, 0.2) is 11.6 Å². The van der Waals surface area contributed by atoms with E-state index in [0.29, 0.717) is 55.9 Å². The van der Waals surface area contributed by atoms with Gasteiger partial charge < -0.3 is 29.5 Å². The Balaban J connectivity index is 1.22. The highest BCUT2D eigenvalue weighted by Crippen LogP contribution is 2.41. The second kappa shape index (κ2) is 14.1. The van der Waals surface area contributed by atoms with E-state index in [-0.39, 0.29) is 49.1 Å². The standard InChI is InChI=1S/C37H42F2N8O3/c1-4-28-29(39)13-12-24-10-8-17-46(32(24)28)27-18-30-33(49-22-27)34(45-16-7-6-11-26(21-45)42-31(48)5-2)44-36(43-30)50-23-37(3)19-25(38)20-47(37)35-40-14-9-15-41-35/h1,5,9,12-15,25-27H,2,6-8,10-11,16-23H2,3H3,(H,42,48)/t25-,26?,27+,37+/m1/s1. The predicted octanol–water partition coefficient (Wildman–Crippen LogP) is 4.19. The molecule has 1 amide bonds. The molecule has 13 heteroatoms. The first kappa shape index (κ1) is 33.5. The van der Waals surface area contributed by atoms with Gasteiger partial charge in [-0.2, -0.15) is 9.97 Å². The van der Waals surface area contributed by atoms with Gasteiger partial charge in [-0.25, -0.2) is 18.7 Å². The summed E-state index contributed by atoms with van der Waals surface area (Å²) in [6, 6.07) is 4.85. The number of nitrogens with one attached hydrogen (secondary N) is 1. The molecule has 0 bridgehead atoms. The number of rotatable bonds is 8. The Morgan fingerprint density at radius 1 is 1.22 bits per heavy atom. The molecule has 0 saturated carbocycles. The lowest BCUT2D eigenvalue weighted by molar-refractivity contribution is -0.117. The van der Waals surface area contributed by atoms with Crippen molar-refractivity contribution in [1.82, 2.24) is 25.3 Å². The minimum Gasteiger partial charge on any atom is -0.486 e. The van der Waals surface area contributed by atoms with E-state index in [0.717, 1.165) is 43.4 Å². The summed E-state index contributed by atoms with van der Waals surface area (Å²) in [5.74, 6) is 3.52. The number of nitrogens with zero attached hydrogens (tertiary/aromatic N) is 7. The van der Waals surface area contributed by atoms with Crippen molar-refractivity contribution in [3.8, 4) is 24.1 Å². The number of amides is 1. The average molecular weight is 685 g/mol. The van der Waals surface area contributed by atoms with Crippen LogP contribution in [0.4, 0.5) is 26.2 Å². The molecule has 2 aromatic heterocycles. The van der Waals surface area contributed by atoms with Crippen LogP contribution < -0.4 is 29.5 Å². The number of benzene rings is 1. The molecule has 0 aliphatic carbocycles. The number of aromatic nitrogens is 4. The van der Waals surface area contributed by atoms with Gasteiger partial charge >= 0.3 is 6.01 Å². The molecule has 1 unspecified atom stereocenters. The van der Waals surface area contributed by atoms with E-state index >= 15 is 0 Å². The minimum atomic E-state index is -1.08. The molecule has 50 heavy (non-hydrogen) atoms. The van der Waals surface area contributed by atoms with E-state index in [9.17, 15) is 13.6 Å². The fourth-order valence-electron chi connectivity index (χ4n) is 7.78. The lowest BCUT2D eigenvalue weighted by atomic mass is 9.94. The number of fused-ring (bicyclic) bond motifs is 2. The number of hydrogen-bond acceptors (Lipinski definition) is 10. The molecular weight excluding hydrogens is 642 g/mol. The summed E-state index contributed by atoms with van der Waals surface area (Å²) in [4.78, 5) is 36.9. The van der Waals surface area contributed by atoms with Crippen LogP contribution in [0.3, 0.4) is 0 Å². The third-order valence-corrected chi connectivity index (χ3v) is 10.2. The van der Waals surface area contributed by atoms with Gasteiger partial charge in [-0.05, 0) is 62.8 Å². The van der Waals surface area contributed by atoms with Crippen molar-refractivity contribution in [2.24, 2.45) is 0 Å². The van der Waals surface area contributed by atoms with Gasteiger partial charge in [0, 0.05) is 50.9 Å². The van der Waals surface area contributed by atoms with Crippen LogP contribution in [0.2, 0.25) is 0 Å². The summed E-state index contributed by atoms with van der Waals surface area (Å²) in [6.45, 7) is 8.02. The van der Waals surface area contributed by atoms with Gasteiger partial charge in [0.2, 0.25) is 11.9 Å². The summed E-state index contributed by atoms with van der Waals surface area (Å²) >= 11 is 0. The minimum absolute atomic E-state index is 0.0938. The first-order valence-corrected chi connectivity index (χ1v) is 17.3. The molecule has 0 radical (unpaired) electrons. The highest BCUT2D eigenvalue weighted by atomic mass is 19.1. The van der Waals surface area contributed by atoms with E-state index in [1.54, 1.807) is 18.5 Å². The maximum atomic E-state index is 14.9. The van der Waals surface area contributed by atoms with E-state index in [1.165, 1.54) is 12.1 Å². The van der Waals surface area contributed by atoms with Crippen molar-refractivity contribution in [3.63, 3.8) is 0 Å². The fourth-order valence-corrected chi connectivity index (χ4v) is 7.78. The van der Waals surface area contributed by atoms with Crippen LogP contribution in [0.1, 0.15) is 55.8 Å². The first-order valence-electron chi connectivity index (χ1n) is 17.3. The van der Waals surface area contributed by atoms with Crippen LogP contribution in [0.5, 0.6) is 11.8 Å². The predicted molar refractivity (Wildman–Crippen MR) is 186 cm³/mol. The Morgan fingerprint density at radius 2 is 2.06 bits per heavy atom. The van der Waals surface area contributed by atoms with Crippen LogP contribution in [0.15, 0.2) is 43.2 Å². The Morgan fingerprint density at radius 3 is 2.86 bits per heavy atom. The summed E-state index contributed by atoms with van der Waals surface area (Å²) in [5.41, 5.74) is 1.93. The quantitative estimate of drug-likeness (QED) is 0.274. The topological polar surface area (TPSA) is 109 Å². The van der Waals surface area contributed by atoms with Crippen LogP contribution in [0, 0.1) is 18.2 Å². The number of alkyl halides is 1. The molecule has 4 aliphatic heterocycles. The van der Waals surface area contributed by atoms with E-state index < -0.39 is 17.5 Å². The molecule has 6 heterocycles. The number of hydrogen-bond donors (Lipinski definition) is 1. The third-order valence-electron chi connectivity index (χ3n) is 10.2. The molecule has 4 aliphatic rings. The first-order chi connectivity index (χ1) is 24.3. The SMILES string of the molecule is C#Cc1c(F)ccc2c1N([C@@H]1COc3c(nc(OC[C@]4(C)C[C@@H](F)CN4c4ncccn4)nc3N3CCCCC(NC(=O)C=C)C3)C1)CCC2. The number of aryl methyl sites for hydroxylation is 1. The molecule has 2 fully saturated rings. The normalized spacial score (nSPS) is 24.7. The van der Waals surface area contributed by atoms with Crippen molar-refractivity contribution in [2.45, 2.75) is 75.7 Å². The maximum Gasteiger partial charge on any atom is 0.318 e. The fraction of sp³-hybridized carbons (Fsp3) is 0.486. The van der Waals surface area contributed by atoms with Gasteiger partial charge in [0.05, 0.1) is 35.1 Å². The molecule has 3 aromatic rings. The zero-order valence-electron chi connectivity index (χ0n) is 28.3. The zero-order valence-corrected chi connectivity index (χ0v) is 28.3. The summed E-state index contributed by atoms with van der Waals surface area (Å²) in [6.07, 6.45) is 14.4. The number of terminal acetylenes is 1. The van der Waals surface area contributed by atoms with Gasteiger partial charge in [0.1, 0.15) is 25.2 Å². The number of carbonyl (C=O) groups is 1. The van der Waals surface area contributed by atoms with Crippen LogP contribution in [-0.4, -0.2) is 89.0 Å². The summed E-state index contributed by atoms with van der Waals surface area (Å²) < 4.78 is 42.8. The highest BCUT2D eigenvalue weighted by Gasteiger charge is 2.45. The number of anilines is 3. The Kier molecular flexibility index (Phi) is 9.44. The second-order valence-corrected chi connectivity index (χ2v) is 13.7. The molecular formula is C37H42F2N8O3. The van der Waals surface area contributed by atoms with E-state index in [1.807, 2.05) is 17.9 Å². The van der Waals surface area contributed by atoms with Crippen molar-refractivity contribution < 1.29 is 23.0 Å². The number of ether oxygens (including phenoxy) is 2. The second-order valence-electron chi connectivity index (χ2n) is 13.7. The number of halogens is 2. The van der Waals surface area contributed by atoms with Crippen molar-refractivity contribution >= 4 is 23.4 Å². The maximum absolute atomic E-state index is 14.9. The molecule has 4 atom stereocenters. The van der Waals surface area contributed by atoms with Gasteiger partial charge in [-0.1, -0.05) is 18.6 Å². The smallest absolute Gasteiger partial charge is 0.318 e. The summed E-state index contributed by atoms with van der Waals surface area (Å²) in [5, 5.41) is 3.05. The third kappa shape index (κ3) is 6.63. The molecule has 2 saturated heterocycles. The highest BCUT2D eigenvalue weighted by molar-refractivity contribution is 5.87.